The van der Waals surface area contributed by atoms with Crippen LogP contribution in [-0.2, 0) is 13.3 Å². The Kier molecular flexibility index (Phi) is 184. The molecule has 0 aliphatic heterocycles. The van der Waals surface area contributed by atoms with Gasteiger partial charge >= 0.3 is 8.56 Å². The minimum atomic E-state index is -2.16. The van der Waals surface area contributed by atoms with Crippen molar-refractivity contribution in [1.82, 2.24) is 0 Å². The van der Waals surface area contributed by atoms with Gasteiger partial charge in [0.05, 0.1) is 8.07 Å². The summed E-state index contributed by atoms with van der Waals surface area (Å²) in [5, 5.41) is 0. The predicted octanol–water partition coefficient (Wildman–Crippen LogP) is 24.7. The normalized spacial score (nSPS) is 10.9. The van der Waals surface area contributed by atoms with Gasteiger partial charge in [0.15, 0.2) is 17.4 Å². The summed E-state index contributed by atoms with van der Waals surface area (Å²) in [5.74, 6) is 0. The van der Waals surface area contributed by atoms with Crippen molar-refractivity contribution in [2.24, 2.45) is 0 Å². The molecule has 74 heavy (non-hydrogen) atoms. The van der Waals surface area contributed by atoms with Crippen LogP contribution in [-0.4, -0.2) is 129 Å². The number of hydrogen-bond acceptors (Lipinski definition) is 4. The predicted molar refractivity (Wildman–Crippen MR) is 430 cm³/mol. The monoisotopic (exact) mass is 1290 g/mol. The molecule has 2 unspecified atom stereocenters. The van der Waals surface area contributed by atoms with Crippen LogP contribution >= 0.6 is 0 Å². The molecule has 0 aromatic rings. The molecule has 0 saturated heterocycles. The Hall–Kier alpha value is 2.44. The maximum Gasteiger partial charge on any atom is 0.334 e. The van der Waals surface area contributed by atoms with Crippen molar-refractivity contribution in [3.05, 3.63) is 0 Å². The van der Waals surface area contributed by atoms with E-state index in [0.29, 0.717) is 0 Å². The van der Waals surface area contributed by atoms with Crippen molar-refractivity contribution in [3.63, 3.8) is 0 Å². The van der Waals surface area contributed by atoms with Crippen molar-refractivity contribution in [3.8, 4) is 0 Å². The highest BCUT2D eigenvalue weighted by molar-refractivity contribution is 7.04. The first-order valence-electron chi connectivity index (χ1n) is 21.0. The van der Waals surface area contributed by atoms with E-state index in [0.717, 1.165) is 5.67 Å². The van der Waals surface area contributed by atoms with Gasteiger partial charge in [0.2, 0.25) is 0 Å². The van der Waals surface area contributed by atoms with Crippen molar-refractivity contribution < 1.29 is 18.1 Å². The molecule has 0 fully saturated rings. The SMILES string of the molecule is C.C.C.C.C.C.C.C.C.C.C.C.C.C.C.C.C.C.C.C.C.C.C.C.CC[Si](C)(CC)C[SiH2]C[Si](C)(C)C[SiH](C)C.CC[Si](C)(CC)C[Si](C[SiH](C[SiH2]C[Si](C)(C)C[Si](C)(C)C[Si](C)(O)C[SiH](C)C)OC)(OC)OC. The van der Waals surface area contributed by atoms with Crippen LogP contribution in [0.2, 0.25) is 166 Å². The molecular formula is C58H192O4Si12. The van der Waals surface area contributed by atoms with Gasteiger partial charge in [0, 0.05) is 95.9 Å². The van der Waals surface area contributed by atoms with E-state index in [1.54, 1.807) is 17.0 Å². The van der Waals surface area contributed by atoms with E-state index < -0.39 is 75.1 Å². The first-order chi connectivity index (χ1) is 22.7. The second-order valence-corrected chi connectivity index (χ2v) is 75.7. The lowest BCUT2D eigenvalue weighted by Crippen LogP contribution is -2.52. The highest BCUT2D eigenvalue weighted by Gasteiger charge is 2.45. The molecule has 0 spiro atoms. The van der Waals surface area contributed by atoms with Crippen LogP contribution < -0.4 is 0 Å². The van der Waals surface area contributed by atoms with Gasteiger partial charge in [-0.15, -0.1) is 0 Å². The topological polar surface area (TPSA) is 47.9 Å². The summed E-state index contributed by atoms with van der Waals surface area (Å²) in [5.41, 5.74) is 14.3. The average Bonchev–Trinajstić information content (AvgIpc) is 2.97. The van der Waals surface area contributed by atoms with Gasteiger partial charge in [-0.25, -0.2) is 0 Å². The molecule has 0 bridgehead atoms. The molecule has 0 radical (unpaired) electrons. The molecule has 0 rings (SSSR count). The van der Waals surface area contributed by atoms with Crippen LogP contribution in [0, 0.1) is 0 Å². The first kappa shape index (κ1) is 171. The molecule has 0 aromatic heterocycles. The lowest BCUT2D eigenvalue weighted by molar-refractivity contribution is 0.249. The van der Waals surface area contributed by atoms with Gasteiger partial charge in [-0.1, -0.05) is 337 Å². The minimum absolute atomic E-state index is 0. The van der Waals surface area contributed by atoms with Crippen LogP contribution in [0.4, 0.5) is 0 Å². The quantitative estimate of drug-likeness (QED) is 0.0833. The fourth-order valence-electron chi connectivity index (χ4n) is 9.31. The summed E-state index contributed by atoms with van der Waals surface area (Å²) in [7, 11) is -5.83. The highest BCUT2D eigenvalue weighted by atomic mass is 28.4. The zero-order valence-electron chi connectivity index (χ0n) is 38.2. The Morgan fingerprint density at radius 1 is 0.365 bits per heavy atom. The summed E-state index contributed by atoms with van der Waals surface area (Å²) >= 11 is 0. The van der Waals surface area contributed by atoms with Crippen molar-refractivity contribution in [2.45, 2.75) is 372 Å². The zero-order chi connectivity index (χ0) is 39.7. The number of rotatable bonds is 27. The van der Waals surface area contributed by atoms with Crippen molar-refractivity contribution in [2.75, 3.05) is 21.3 Å². The van der Waals surface area contributed by atoms with Gasteiger partial charge in [-0.3, -0.25) is 0 Å². The summed E-state index contributed by atoms with van der Waals surface area (Å²) < 4.78 is 18.6. The highest BCUT2D eigenvalue weighted by Crippen LogP contribution is 2.33. The minimum Gasteiger partial charge on any atom is -0.433 e. The molecule has 16 heteroatoms. The summed E-state index contributed by atoms with van der Waals surface area (Å²) in [6.45, 7) is 42.6. The van der Waals surface area contributed by atoms with Gasteiger partial charge in [0.25, 0.3) is 0 Å². The number of hydrogen-bond donors (Lipinski definition) is 1. The first-order valence-corrected chi connectivity index (χ1v) is 55.0. The van der Waals surface area contributed by atoms with Gasteiger partial charge in [-0.2, -0.15) is 0 Å². The lowest BCUT2D eigenvalue weighted by atomic mass is 10.9. The van der Waals surface area contributed by atoms with E-state index in [4.69, 9.17) is 13.3 Å². The van der Waals surface area contributed by atoms with Gasteiger partial charge in [-0.05, 0) is 29.2 Å². The van der Waals surface area contributed by atoms with Gasteiger partial charge in [0.1, 0.15) is 0 Å². The average molecular weight is 1290 g/mol. The standard InChI is InChI=1S/C22H62O4Si8.C12H34Si4.24CH4/c1-14-32(12,15-2)22-34(25-4,26-5)19-29(24-3)16-27-17-30(8,9)20-31(10,11)21-33(13,23)18-28(6)7;1-8-16(7,9-2)11-13-10-15(5,6)12-14(3)4;;;;;;;;;;;;;;;;;;;;;;;;/h23,28-29H,14-22,27H2,1-13H3;14H,8-13H2,1-7H3;24*1H4. The Balaban J connectivity index is -0.0000000217. The Morgan fingerprint density at radius 2 is 0.676 bits per heavy atom. The fourth-order valence-corrected chi connectivity index (χ4v) is 92.7. The van der Waals surface area contributed by atoms with E-state index in [9.17, 15) is 4.80 Å². The van der Waals surface area contributed by atoms with E-state index in [-0.39, 0.29) is 206 Å². The summed E-state index contributed by atoms with van der Waals surface area (Å²) in [4.78, 5) is 11.2. The molecule has 0 saturated carbocycles. The molecule has 0 aromatic carbocycles. The molecule has 1 N–H and O–H groups in total. The largest absolute Gasteiger partial charge is 0.433 e. The van der Waals surface area contributed by atoms with E-state index in [1.807, 2.05) is 21.3 Å². The third kappa shape index (κ3) is 80.9. The second kappa shape index (κ2) is 79.7. The van der Waals surface area contributed by atoms with E-state index in [2.05, 4.69) is 113 Å². The molecule has 0 aliphatic carbocycles. The van der Waals surface area contributed by atoms with Crippen LogP contribution in [0.5, 0.6) is 0 Å². The van der Waals surface area contributed by atoms with Crippen LogP contribution in [0.15, 0.2) is 0 Å². The van der Waals surface area contributed by atoms with Gasteiger partial charge < -0.3 is 18.1 Å². The summed E-state index contributed by atoms with van der Waals surface area (Å²) in [6, 6.07) is 5.68. The van der Waals surface area contributed by atoms with E-state index >= 15 is 0 Å². The smallest absolute Gasteiger partial charge is 0.334 e. The molecule has 0 aliphatic rings. The van der Waals surface area contributed by atoms with Crippen LogP contribution in [0.25, 0.3) is 0 Å². The second-order valence-electron chi connectivity index (χ2n) is 20.9. The molecular weight excluding hydrogens is 1100 g/mol. The Morgan fingerprint density at radius 3 is 0.946 bits per heavy atom. The maximum absolute atomic E-state index is 11.2. The van der Waals surface area contributed by atoms with Crippen molar-refractivity contribution >= 4 is 103 Å². The van der Waals surface area contributed by atoms with Crippen LogP contribution in [0.3, 0.4) is 0 Å². The molecule has 0 amide bonds. The van der Waals surface area contributed by atoms with Crippen LogP contribution in [0.1, 0.15) is 206 Å². The molecule has 2 atom stereocenters. The lowest BCUT2D eigenvalue weighted by Gasteiger charge is -2.37. The molecule has 4 nitrogen and oxygen atoms in total. The Bertz CT molecular complexity index is 889. The molecule has 0 heterocycles. The maximum atomic E-state index is 11.2. The molecule has 496 valence electrons. The zero-order valence-corrected chi connectivity index (χ0v) is 51.5. The van der Waals surface area contributed by atoms with E-state index in [1.165, 1.54) is 58.2 Å². The Labute approximate surface area is 510 Å². The third-order valence-electron chi connectivity index (χ3n) is 12.4. The van der Waals surface area contributed by atoms with Crippen molar-refractivity contribution in [1.29, 1.82) is 0 Å². The fraction of sp³-hybridized carbons (Fsp3) is 1.00. The summed E-state index contributed by atoms with van der Waals surface area (Å²) in [6.07, 6.45) is 0. The third-order valence-corrected chi connectivity index (χ3v) is 84.3.